The van der Waals surface area contributed by atoms with Gasteiger partial charge >= 0.3 is 0 Å². The predicted octanol–water partition coefficient (Wildman–Crippen LogP) is 3.94. The number of amides is 2. The fraction of sp³-hybridized carbons (Fsp3) is 0.619. The van der Waals surface area contributed by atoms with Crippen molar-refractivity contribution in [2.75, 3.05) is 13.1 Å². The molecule has 1 atom stereocenters. The van der Waals surface area contributed by atoms with Gasteiger partial charge in [0.2, 0.25) is 5.91 Å². The zero-order valence-corrected chi connectivity index (χ0v) is 18.4. The van der Waals surface area contributed by atoms with Gasteiger partial charge in [-0.1, -0.05) is 63.3 Å². The van der Waals surface area contributed by atoms with Gasteiger partial charge in [0.1, 0.15) is 6.04 Å². The summed E-state index contributed by atoms with van der Waals surface area (Å²) in [5.41, 5.74) is 0.382. The van der Waals surface area contributed by atoms with Crippen molar-refractivity contribution in [3.05, 3.63) is 34.9 Å². The van der Waals surface area contributed by atoms with E-state index in [1.165, 1.54) is 38.5 Å². The van der Waals surface area contributed by atoms with Crippen molar-refractivity contribution >= 4 is 35.8 Å². The minimum atomic E-state index is -0.591. The summed E-state index contributed by atoms with van der Waals surface area (Å²) in [5.74, 6) is -0.509. The molecule has 0 bridgehead atoms. The Morgan fingerprint density at radius 1 is 1.07 bits per heavy atom. The molecule has 0 aliphatic heterocycles. The minimum absolute atomic E-state index is 0. The Labute approximate surface area is 179 Å². The maximum absolute atomic E-state index is 12.6. The quantitative estimate of drug-likeness (QED) is 0.432. The van der Waals surface area contributed by atoms with Gasteiger partial charge in [-0.05, 0) is 30.9 Å². The van der Waals surface area contributed by atoms with E-state index in [2.05, 4.69) is 16.0 Å². The molecule has 5 nitrogen and oxygen atoms in total. The number of rotatable bonds is 8. The van der Waals surface area contributed by atoms with Gasteiger partial charge < -0.3 is 16.0 Å². The van der Waals surface area contributed by atoms with Crippen LogP contribution in [0.1, 0.15) is 62.7 Å². The molecule has 1 fully saturated rings. The molecule has 2 rings (SSSR count). The average Bonchev–Trinajstić information content (AvgIpc) is 2.92. The zero-order chi connectivity index (χ0) is 19.6. The second-order valence-corrected chi connectivity index (χ2v) is 8.02. The average molecular weight is 430 g/mol. The van der Waals surface area contributed by atoms with Crippen LogP contribution in [0.5, 0.6) is 0 Å². The number of halogens is 2. The van der Waals surface area contributed by atoms with Gasteiger partial charge in [-0.15, -0.1) is 12.4 Å². The molecule has 2 amide bonds. The van der Waals surface area contributed by atoms with E-state index in [4.69, 9.17) is 11.6 Å². The topological polar surface area (TPSA) is 70.2 Å². The lowest BCUT2D eigenvalue weighted by Gasteiger charge is -2.22. The van der Waals surface area contributed by atoms with Crippen LogP contribution < -0.4 is 16.0 Å². The second kappa shape index (κ2) is 13.0. The van der Waals surface area contributed by atoms with Crippen LogP contribution in [0.15, 0.2) is 24.3 Å². The maximum atomic E-state index is 12.6. The van der Waals surface area contributed by atoms with E-state index in [0.29, 0.717) is 23.2 Å². The Hall–Kier alpha value is -1.30. The largest absolute Gasteiger partial charge is 0.353 e. The van der Waals surface area contributed by atoms with Crippen LogP contribution in [0.4, 0.5) is 0 Å². The molecule has 1 aromatic carbocycles. The van der Waals surface area contributed by atoms with Gasteiger partial charge in [0.05, 0.1) is 10.6 Å². The third-order valence-corrected chi connectivity index (χ3v) is 5.40. The molecule has 0 saturated heterocycles. The summed E-state index contributed by atoms with van der Waals surface area (Å²) >= 11 is 6.08. The standard InChI is InChI=1S/C21H32ClN3O2.ClH/c1-15(2)19(25-20(26)17-11-7-8-12-18(17)22)21(27)24-14-13-23-16-9-5-3-4-6-10-16;/h7-8,11-12,15-16,19,23H,3-6,9-10,13-14H2,1-2H3,(H,24,27)(H,25,26);1H. The molecule has 0 radical (unpaired) electrons. The Bertz CT molecular complexity index is 617. The molecule has 1 aliphatic carbocycles. The molecule has 0 heterocycles. The predicted molar refractivity (Wildman–Crippen MR) is 117 cm³/mol. The highest BCUT2D eigenvalue weighted by Crippen LogP contribution is 2.17. The number of hydrogen-bond acceptors (Lipinski definition) is 3. The van der Waals surface area contributed by atoms with Gasteiger partial charge in [0.15, 0.2) is 0 Å². The molecule has 0 spiro atoms. The van der Waals surface area contributed by atoms with Crippen LogP contribution in [-0.2, 0) is 4.79 Å². The number of nitrogens with one attached hydrogen (secondary N) is 3. The molecule has 7 heteroatoms. The fourth-order valence-electron chi connectivity index (χ4n) is 3.45. The van der Waals surface area contributed by atoms with Gasteiger partial charge in [0, 0.05) is 19.1 Å². The lowest BCUT2D eigenvalue weighted by atomic mass is 10.0. The maximum Gasteiger partial charge on any atom is 0.253 e. The normalized spacial score (nSPS) is 16.0. The first-order valence-electron chi connectivity index (χ1n) is 10.1. The van der Waals surface area contributed by atoms with Gasteiger partial charge in [-0.3, -0.25) is 9.59 Å². The summed E-state index contributed by atoms with van der Waals surface area (Å²) in [4.78, 5) is 25.0. The monoisotopic (exact) mass is 429 g/mol. The smallest absolute Gasteiger partial charge is 0.253 e. The summed E-state index contributed by atoms with van der Waals surface area (Å²) in [6.45, 7) is 5.14. The third kappa shape index (κ3) is 7.98. The van der Waals surface area contributed by atoms with Crippen LogP contribution in [0, 0.1) is 5.92 Å². The summed E-state index contributed by atoms with van der Waals surface area (Å²) in [5, 5.41) is 9.68. The summed E-state index contributed by atoms with van der Waals surface area (Å²) < 4.78 is 0. The third-order valence-electron chi connectivity index (χ3n) is 5.07. The summed E-state index contributed by atoms with van der Waals surface area (Å²) in [7, 11) is 0. The van der Waals surface area contributed by atoms with E-state index in [1.807, 2.05) is 13.8 Å². The van der Waals surface area contributed by atoms with Crippen LogP contribution in [0.2, 0.25) is 5.02 Å². The van der Waals surface area contributed by atoms with Crippen LogP contribution >= 0.6 is 24.0 Å². The SMILES string of the molecule is CC(C)C(NC(=O)c1ccccc1Cl)C(=O)NCCNC1CCCCCC1.Cl. The van der Waals surface area contributed by atoms with Crippen LogP contribution in [0.3, 0.4) is 0 Å². The molecule has 28 heavy (non-hydrogen) atoms. The van der Waals surface area contributed by atoms with Crippen molar-refractivity contribution in [1.29, 1.82) is 0 Å². The fourth-order valence-corrected chi connectivity index (χ4v) is 3.68. The zero-order valence-electron chi connectivity index (χ0n) is 16.8. The molecule has 3 N–H and O–H groups in total. The van der Waals surface area contributed by atoms with Crippen molar-refractivity contribution < 1.29 is 9.59 Å². The molecule has 158 valence electrons. The first-order chi connectivity index (χ1) is 13.0. The van der Waals surface area contributed by atoms with Gasteiger partial charge in [0.25, 0.3) is 5.91 Å². The van der Waals surface area contributed by atoms with E-state index in [1.54, 1.807) is 24.3 Å². The Balaban J connectivity index is 0.00000392. The Morgan fingerprint density at radius 2 is 1.71 bits per heavy atom. The Kier molecular flexibility index (Phi) is 11.5. The molecule has 1 unspecified atom stereocenters. The molecule has 1 aliphatic rings. The lowest BCUT2D eigenvalue weighted by Crippen LogP contribution is -2.51. The van der Waals surface area contributed by atoms with E-state index in [9.17, 15) is 9.59 Å². The first-order valence-corrected chi connectivity index (χ1v) is 10.4. The van der Waals surface area contributed by atoms with Crippen molar-refractivity contribution in [3.63, 3.8) is 0 Å². The molecular weight excluding hydrogens is 397 g/mol. The van der Waals surface area contributed by atoms with Gasteiger partial charge in [-0.25, -0.2) is 0 Å². The lowest BCUT2D eigenvalue weighted by molar-refractivity contribution is -0.123. The highest BCUT2D eigenvalue weighted by molar-refractivity contribution is 6.33. The van der Waals surface area contributed by atoms with Crippen LogP contribution in [0.25, 0.3) is 0 Å². The van der Waals surface area contributed by atoms with Crippen molar-refractivity contribution in [1.82, 2.24) is 16.0 Å². The second-order valence-electron chi connectivity index (χ2n) is 7.61. The van der Waals surface area contributed by atoms with Gasteiger partial charge in [-0.2, -0.15) is 0 Å². The van der Waals surface area contributed by atoms with E-state index >= 15 is 0 Å². The molecule has 1 aromatic rings. The Morgan fingerprint density at radius 3 is 2.32 bits per heavy atom. The van der Waals surface area contributed by atoms with Crippen molar-refractivity contribution in [3.8, 4) is 0 Å². The van der Waals surface area contributed by atoms with E-state index in [0.717, 1.165) is 6.54 Å². The highest BCUT2D eigenvalue weighted by Gasteiger charge is 2.25. The summed E-state index contributed by atoms with van der Waals surface area (Å²) in [6, 6.07) is 6.82. The molecular formula is C21H33Cl2N3O2. The number of benzene rings is 1. The van der Waals surface area contributed by atoms with E-state index < -0.39 is 6.04 Å². The highest BCUT2D eigenvalue weighted by atomic mass is 35.5. The number of carbonyl (C=O) groups excluding carboxylic acids is 2. The number of hydrogen-bond donors (Lipinski definition) is 3. The molecule has 1 saturated carbocycles. The van der Waals surface area contributed by atoms with Crippen LogP contribution in [-0.4, -0.2) is 37.0 Å². The summed E-state index contributed by atoms with van der Waals surface area (Å²) in [6.07, 6.45) is 7.67. The molecule has 0 aromatic heterocycles. The first kappa shape index (κ1) is 24.7. The number of carbonyl (C=O) groups is 2. The van der Waals surface area contributed by atoms with Crippen molar-refractivity contribution in [2.24, 2.45) is 5.92 Å². The minimum Gasteiger partial charge on any atom is -0.353 e. The van der Waals surface area contributed by atoms with E-state index in [-0.39, 0.29) is 30.1 Å². The van der Waals surface area contributed by atoms with Crippen molar-refractivity contribution in [2.45, 2.75) is 64.5 Å².